The van der Waals surface area contributed by atoms with E-state index in [-0.39, 0.29) is 17.9 Å². The number of aromatic nitrogens is 2. The summed E-state index contributed by atoms with van der Waals surface area (Å²) in [6, 6.07) is 8.32. The number of nitrogens with zero attached hydrogens (tertiary/aromatic N) is 3. The first-order valence-electron chi connectivity index (χ1n) is 9.24. The Kier molecular flexibility index (Phi) is 5.51. The molecule has 5 heteroatoms. The molecule has 134 valence electrons. The van der Waals surface area contributed by atoms with Crippen molar-refractivity contribution >= 4 is 5.91 Å². The molecule has 1 aromatic heterocycles. The Labute approximate surface area is 149 Å². The van der Waals surface area contributed by atoms with Crippen molar-refractivity contribution in [2.24, 2.45) is 5.92 Å². The second-order valence-electron chi connectivity index (χ2n) is 7.29. The fourth-order valence-corrected chi connectivity index (χ4v) is 3.48. The summed E-state index contributed by atoms with van der Waals surface area (Å²) in [5, 5.41) is 4.11. The van der Waals surface area contributed by atoms with Gasteiger partial charge in [-0.1, -0.05) is 62.0 Å². The lowest BCUT2D eigenvalue weighted by Crippen LogP contribution is -2.43. The van der Waals surface area contributed by atoms with E-state index in [1.807, 2.05) is 49.9 Å². The zero-order valence-electron chi connectivity index (χ0n) is 15.4. The smallest absolute Gasteiger partial charge is 0.246 e. The van der Waals surface area contributed by atoms with E-state index < -0.39 is 0 Å². The predicted octanol–water partition coefficient (Wildman–Crippen LogP) is 4.36. The van der Waals surface area contributed by atoms with Crippen molar-refractivity contribution in [2.75, 3.05) is 0 Å². The zero-order valence-corrected chi connectivity index (χ0v) is 15.4. The molecule has 1 saturated carbocycles. The van der Waals surface area contributed by atoms with Gasteiger partial charge in [-0.05, 0) is 25.8 Å². The molecule has 0 spiro atoms. The van der Waals surface area contributed by atoms with Crippen LogP contribution in [0.25, 0.3) is 11.4 Å². The lowest BCUT2D eigenvalue weighted by atomic mass is 9.93. The van der Waals surface area contributed by atoms with Gasteiger partial charge >= 0.3 is 0 Å². The van der Waals surface area contributed by atoms with Crippen LogP contribution in [0.1, 0.15) is 57.4 Å². The number of benzene rings is 1. The molecule has 1 aromatic carbocycles. The molecule has 0 atom stereocenters. The summed E-state index contributed by atoms with van der Waals surface area (Å²) in [5.74, 6) is 1.23. The predicted molar refractivity (Wildman–Crippen MR) is 96.7 cm³/mol. The molecule has 1 amide bonds. The number of hydrogen-bond donors (Lipinski definition) is 0. The van der Waals surface area contributed by atoms with Gasteiger partial charge in [0.15, 0.2) is 0 Å². The minimum atomic E-state index is -0.0268. The summed E-state index contributed by atoms with van der Waals surface area (Å²) in [6.07, 6.45) is 5.77. The van der Waals surface area contributed by atoms with Gasteiger partial charge in [0.25, 0.3) is 0 Å². The van der Waals surface area contributed by atoms with E-state index >= 15 is 0 Å². The number of aryl methyl sites for hydroxylation is 1. The third-order valence-corrected chi connectivity index (χ3v) is 4.84. The van der Waals surface area contributed by atoms with Gasteiger partial charge in [-0.3, -0.25) is 4.79 Å². The topological polar surface area (TPSA) is 59.2 Å². The minimum absolute atomic E-state index is 0.0268. The third-order valence-electron chi connectivity index (χ3n) is 4.84. The van der Waals surface area contributed by atoms with E-state index in [4.69, 9.17) is 4.52 Å². The summed E-state index contributed by atoms with van der Waals surface area (Å²) in [5.41, 5.74) is 2.09. The van der Waals surface area contributed by atoms with Gasteiger partial charge < -0.3 is 9.42 Å². The van der Waals surface area contributed by atoms with E-state index in [2.05, 4.69) is 10.1 Å². The number of amides is 1. The largest absolute Gasteiger partial charge is 0.337 e. The molecule has 25 heavy (non-hydrogen) atoms. The molecule has 5 nitrogen and oxygen atoms in total. The van der Waals surface area contributed by atoms with Crippen LogP contribution in [-0.4, -0.2) is 27.0 Å². The van der Waals surface area contributed by atoms with Gasteiger partial charge in [-0.15, -0.1) is 0 Å². The molecular formula is C20H27N3O2. The van der Waals surface area contributed by atoms with Crippen molar-refractivity contribution in [1.29, 1.82) is 0 Å². The van der Waals surface area contributed by atoms with Gasteiger partial charge in [0, 0.05) is 17.5 Å². The van der Waals surface area contributed by atoms with Crippen LogP contribution in [0.5, 0.6) is 0 Å². The highest BCUT2D eigenvalue weighted by Gasteiger charge is 2.28. The SMILES string of the molecule is Cc1cccc(-c2noc(CN(C(=O)C(C)C)C3CCCCC3)n2)c1. The van der Waals surface area contributed by atoms with Crippen molar-refractivity contribution in [3.63, 3.8) is 0 Å². The Morgan fingerprint density at radius 1 is 1.28 bits per heavy atom. The molecule has 1 aliphatic rings. The summed E-state index contributed by atoms with van der Waals surface area (Å²) >= 11 is 0. The van der Waals surface area contributed by atoms with Crippen molar-refractivity contribution in [3.05, 3.63) is 35.7 Å². The highest BCUT2D eigenvalue weighted by Crippen LogP contribution is 2.26. The maximum Gasteiger partial charge on any atom is 0.246 e. The van der Waals surface area contributed by atoms with Crippen LogP contribution in [0.4, 0.5) is 0 Å². The fraction of sp³-hybridized carbons (Fsp3) is 0.550. The van der Waals surface area contributed by atoms with Gasteiger partial charge in [-0.25, -0.2) is 0 Å². The van der Waals surface area contributed by atoms with Crippen molar-refractivity contribution in [3.8, 4) is 11.4 Å². The maximum atomic E-state index is 12.7. The molecule has 1 aliphatic carbocycles. The number of carbonyl (C=O) groups is 1. The monoisotopic (exact) mass is 341 g/mol. The molecule has 0 saturated heterocycles. The summed E-state index contributed by atoms with van der Waals surface area (Å²) in [6.45, 7) is 6.34. The maximum absolute atomic E-state index is 12.7. The van der Waals surface area contributed by atoms with Crippen LogP contribution < -0.4 is 0 Å². The van der Waals surface area contributed by atoms with E-state index in [1.54, 1.807) is 0 Å². The standard InChI is InChI=1S/C20H27N3O2/c1-14(2)20(24)23(17-10-5-4-6-11-17)13-18-21-19(22-25-18)16-9-7-8-15(3)12-16/h7-9,12,14,17H,4-6,10-11,13H2,1-3H3. The van der Waals surface area contributed by atoms with Gasteiger partial charge in [-0.2, -0.15) is 4.98 Å². The summed E-state index contributed by atoms with van der Waals surface area (Å²) in [7, 11) is 0. The summed E-state index contributed by atoms with van der Waals surface area (Å²) in [4.78, 5) is 19.2. The Morgan fingerprint density at radius 2 is 2.04 bits per heavy atom. The first-order chi connectivity index (χ1) is 12.0. The number of carbonyl (C=O) groups excluding carboxylic acids is 1. The van der Waals surface area contributed by atoms with Gasteiger partial charge in [0.2, 0.25) is 17.6 Å². The molecule has 1 heterocycles. The van der Waals surface area contributed by atoms with Gasteiger partial charge in [0.1, 0.15) is 6.54 Å². The molecule has 0 bridgehead atoms. The second kappa shape index (κ2) is 7.81. The van der Waals surface area contributed by atoms with Crippen molar-refractivity contribution in [1.82, 2.24) is 15.0 Å². The van der Waals surface area contributed by atoms with Crippen molar-refractivity contribution in [2.45, 2.75) is 65.5 Å². The molecule has 0 aliphatic heterocycles. The van der Waals surface area contributed by atoms with Crippen LogP contribution >= 0.6 is 0 Å². The lowest BCUT2D eigenvalue weighted by Gasteiger charge is -2.34. The zero-order chi connectivity index (χ0) is 17.8. The molecule has 0 radical (unpaired) electrons. The van der Waals surface area contributed by atoms with Crippen LogP contribution in [-0.2, 0) is 11.3 Å². The quantitative estimate of drug-likeness (QED) is 0.810. The van der Waals surface area contributed by atoms with Crippen LogP contribution in [0.15, 0.2) is 28.8 Å². The van der Waals surface area contributed by atoms with Crippen molar-refractivity contribution < 1.29 is 9.32 Å². The van der Waals surface area contributed by atoms with Crippen LogP contribution in [0.3, 0.4) is 0 Å². The fourth-order valence-electron chi connectivity index (χ4n) is 3.48. The Hall–Kier alpha value is -2.17. The normalized spacial score (nSPS) is 15.5. The van der Waals surface area contributed by atoms with Crippen LogP contribution in [0, 0.1) is 12.8 Å². The molecular weight excluding hydrogens is 314 g/mol. The Balaban J connectivity index is 1.78. The average Bonchev–Trinajstić information content (AvgIpc) is 3.08. The molecule has 3 rings (SSSR count). The number of rotatable bonds is 5. The van der Waals surface area contributed by atoms with E-state index in [0.29, 0.717) is 18.3 Å². The summed E-state index contributed by atoms with van der Waals surface area (Å²) < 4.78 is 5.46. The average molecular weight is 341 g/mol. The molecule has 1 fully saturated rings. The Morgan fingerprint density at radius 3 is 2.72 bits per heavy atom. The molecule has 0 N–H and O–H groups in total. The highest BCUT2D eigenvalue weighted by atomic mass is 16.5. The first kappa shape index (κ1) is 17.6. The molecule has 0 unspecified atom stereocenters. The lowest BCUT2D eigenvalue weighted by molar-refractivity contribution is -0.138. The van der Waals surface area contributed by atoms with E-state index in [0.717, 1.165) is 24.0 Å². The van der Waals surface area contributed by atoms with Crippen LogP contribution in [0.2, 0.25) is 0 Å². The van der Waals surface area contributed by atoms with E-state index in [9.17, 15) is 4.79 Å². The van der Waals surface area contributed by atoms with E-state index in [1.165, 1.54) is 19.3 Å². The Bertz CT molecular complexity index is 717. The second-order valence-corrected chi connectivity index (χ2v) is 7.29. The number of hydrogen-bond acceptors (Lipinski definition) is 4. The minimum Gasteiger partial charge on any atom is -0.337 e. The third kappa shape index (κ3) is 4.27. The van der Waals surface area contributed by atoms with Gasteiger partial charge in [0.05, 0.1) is 0 Å². The molecule has 2 aromatic rings. The first-order valence-corrected chi connectivity index (χ1v) is 9.24. The highest BCUT2D eigenvalue weighted by molar-refractivity contribution is 5.78.